The minimum atomic E-state index is -0.0487. The van der Waals surface area contributed by atoms with E-state index < -0.39 is 0 Å². The summed E-state index contributed by atoms with van der Waals surface area (Å²) in [6, 6.07) is 0.410. The van der Waals surface area contributed by atoms with E-state index in [4.69, 9.17) is 0 Å². The molecule has 0 aromatic carbocycles. The first kappa shape index (κ1) is 17.2. The largest absolute Gasteiger partial charge is 0.351 e. The van der Waals surface area contributed by atoms with Crippen LogP contribution in [0.1, 0.15) is 77.6 Å². The summed E-state index contributed by atoms with van der Waals surface area (Å²) in [4.78, 5) is 23.7. The van der Waals surface area contributed by atoms with Gasteiger partial charge in [-0.3, -0.25) is 4.79 Å². The Balaban J connectivity index is 1.15. The van der Waals surface area contributed by atoms with E-state index in [0.29, 0.717) is 6.42 Å². The zero-order chi connectivity index (χ0) is 17.4. The summed E-state index contributed by atoms with van der Waals surface area (Å²) in [6.07, 6.45) is 12.7. The molecular weight excluding hydrogens is 314 g/mol. The maximum absolute atomic E-state index is 12.5. The lowest BCUT2D eigenvalue weighted by Crippen LogP contribution is -2.59. The monoisotopic (exact) mass is 347 g/mol. The molecule has 2 atom stereocenters. The van der Waals surface area contributed by atoms with Gasteiger partial charge in [-0.05, 0) is 76.0 Å². The molecule has 5 fully saturated rings. The topological polar surface area (TPSA) is 70.2 Å². The number of rotatable bonds is 7. The van der Waals surface area contributed by atoms with Crippen molar-refractivity contribution in [2.24, 2.45) is 17.8 Å². The van der Waals surface area contributed by atoms with E-state index in [1.54, 1.807) is 0 Å². The molecule has 1 saturated heterocycles. The van der Waals surface area contributed by atoms with E-state index >= 15 is 0 Å². The van der Waals surface area contributed by atoms with Crippen molar-refractivity contribution in [3.63, 3.8) is 0 Å². The summed E-state index contributed by atoms with van der Waals surface area (Å²) in [5.41, 5.74) is 0.154. The number of nitrogens with one attached hydrogen (secondary N) is 3. The fraction of sp³-hybridized carbons (Fsp3) is 0.900. The van der Waals surface area contributed by atoms with E-state index in [1.807, 2.05) is 6.92 Å². The molecule has 5 nitrogen and oxygen atoms in total. The molecule has 5 rings (SSSR count). The summed E-state index contributed by atoms with van der Waals surface area (Å²) in [5, 5.41) is 9.31. The van der Waals surface area contributed by atoms with Crippen LogP contribution in [0.2, 0.25) is 0 Å². The first-order valence-electron chi connectivity index (χ1n) is 10.4. The molecule has 5 heteroatoms. The predicted molar refractivity (Wildman–Crippen MR) is 97.0 cm³/mol. The lowest BCUT2D eigenvalue weighted by Gasteiger charge is -2.56. The average Bonchev–Trinajstić information content (AvgIpc) is 2.82. The average molecular weight is 348 g/mol. The second kappa shape index (κ2) is 6.81. The van der Waals surface area contributed by atoms with E-state index in [1.165, 1.54) is 38.5 Å². The fourth-order valence-corrected chi connectivity index (χ4v) is 6.41. The lowest BCUT2D eigenvalue weighted by atomic mass is 9.53. The quantitative estimate of drug-likeness (QED) is 0.619. The molecule has 4 aliphatic carbocycles. The SMILES string of the molecule is C[C@@H]1NC(=O)N[C@@H]1CCCCCC(=O)NC12CC3CC(CC(C3)C1)C2. The van der Waals surface area contributed by atoms with E-state index in [-0.39, 0.29) is 29.6 Å². The smallest absolute Gasteiger partial charge is 0.315 e. The lowest BCUT2D eigenvalue weighted by molar-refractivity contribution is -0.127. The van der Waals surface area contributed by atoms with Crippen LogP contribution in [0.4, 0.5) is 4.79 Å². The van der Waals surface area contributed by atoms with Gasteiger partial charge in [-0.2, -0.15) is 0 Å². The molecule has 0 unspecified atom stereocenters. The molecule has 0 aromatic rings. The van der Waals surface area contributed by atoms with Crippen molar-refractivity contribution in [2.45, 2.75) is 95.2 Å². The Morgan fingerprint density at radius 3 is 2.24 bits per heavy atom. The van der Waals surface area contributed by atoms with Gasteiger partial charge in [-0.1, -0.05) is 12.8 Å². The van der Waals surface area contributed by atoms with Crippen molar-refractivity contribution in [2.75, 3.05) is 0 Å². The molecule has 140 valence electrons. The van der Waals surface area contributed by atoms with Crippen molar-refractivity contribution in [3.8, 4) is 0 Å². The van der Waals surface area contributed by atoms with Crippen LogP contribution in [-0.4, -0.2) is 29.6 Å². The highest BCUT2D eigenvalue weighted by molar-refractivity contribution is 5.77. The van der Waals surface area contributed by atoms with Gasteiger partial charge >= 0.3 is 6.03 Å². The Morgan fingerprint density at radius 1 is 1.04 bits per heavy atom. The van der Waals surface area contributed by atoms with Gasteiger partial charge in [-0.15, -0.1) is 0 Å². The summed E-state index contributed by atoms with van der Waals surface area (Å²) in [5.74, 6) is 2.91. The number of hydrogen-bond acceptors (Lipinski definition) is 2. The predicted octanol–water partition coefficient (Wildman–Crippen LogP) is 3.09. The third-order valence-electron chi connectivity index (χ3n) is 7.14. The fourth-order valence-electron chi connectivity index (χ4n) is 6.41. The Morgan fingerprint density at radius 2 is 1.68 bits per heavy atom. The van der Waals surface area contributed by atoms with Crippen molar-refractivity contribution >= 4 is 11.9 Å². The van der Waals surface area contributed by atoms with Crippen molar-refractivity contribution in [1.29, 1.82) is 0 Å². The van der Waals surface area contributed by atoms with Crippen LogP contribution < -0.4 is 16.0 Å². The molecule has 0 radical (unpaired) electrons. The maximum atomic E-state index is 12.5. The number of carbonyl (C=O) groups excluding carboxylic acids is 2. The molecule has 5 aliphatic rings. The molecule has 1 aliphatic heterocycles. The third-order valence-corrected chi connectivity index (χ3v) is 7.14. The zero-order valence-electron chi connectivity index (χ0n) is 15.5. The molecule has 3 amide bonds. The van der Waals surface area contributed by atoms with Gasteiger partial charge in [0.05, 0.1) is 6.04 Å². The molecule has 0 spiro atoms. The number of amides is 3. The van der Waals surface area contributed by atoms with Crippen molar-refractivity contribution < 1.29 is 9.59 Å². The Labute approximate surface area is 151 Å². The summed E-state index contributed by atoms with van der Waals surface area (Å²) < 4.78 is 0. The highest BCUT2D eigenvalue weighted by Gasteiger charge is 2.51. The van der Waals surface area contributed by atoms with Gasteiger partial charge in [0.15, 0.2) is 0 Å². The van der Waals surface area contributed by atoms with Crippen LogP contribution >= 0.6 is 0 Å². The van der Waals surface area contributed by atoms with Crippen molar-refractivity contribution in [1.82, 2.24) is 16.0 Å². The minimum Gasteiger partial charge on any atom is -0.351 e. The minimum absolute atomic E-state index is 0.0487. The van der Waals surface area contributed by atoms with Gasteiger partial charge in [0.25, 0.3) is 0 Å². The molecular formula is C20H33N3O2. The number of hydrogen-bond donors (Lipinski definition) is 3. The van der Waals surface area contributed by atoms with Crippen LogP contribution in [0.5, 0.6) is 0 Å². The first-order valence-corrected chi connectivity index (χ1v) is 10.4. The molecule has 0 aromatic heterocycles. The molecule has 4 saturated carbocycles. The second-order valence-corrected chi connectivity index (χ2v) is 9.36. The number of urea groups is 1. The van der Waals surface area contributed by atoms with Crippen LogP contribution in [0.15, 0.2) is 0 Å². The van der Waals surface area contributed by atoms with Gasteiger partial charge < -0.3 is 16.0 Å². The third kappa shape index (κ3) is 3.80. The van der Waals surface area contributed by atoms with Crippen LogP contribution in [0, 0.1) is 17.8 Å². The van der Waals surface area contributed by atoms with Gasteiger partial charge in [0.1, 0.15) is 0 Å². The van der Waals surface area contributed by atoms with Gasteiger partial charge in [0.2, 0.25) is 5.91 Å². The number of carbonyl (C=O) groups is 2. The summed E-state index contributed by atoms with van der Waals surface area (Å²) in [7, 11) is 0. The second-order valence-electron chi connectivity index (χ2n) is 9.36. The molecule has 1 heterocycles. The Hall–Kier alpha value is -1.26. The molecule has 25 heavy (non-hydrogen) atoms. The van der Waals surface area contributed by atoms with Crippen LogP contribution in [-0.2, 0) is 4.79 Å². The van der Waals surface area contributed by atoms with Crippen LogP contribution in [0.3, 0.4) is 0 Å². The standard InChI is InChI=1S/C20H33N3O2/c1-13-17(22-19(25)21-13)5-3-2-4-6-18(24)23-20-10-14-7-15(11-20)9-16(8-14)12-20/h13-17H,2-12H2,1H3,(H,23,24)(H2,21,22,25)/t13-,14?,15?,16?,17+,20?/m0/s1. The van der Waals surface area contributed by atoms with Crippen LogP contribution in [0.25, 0.3) is 0 Å². The van der Waals surface area contributed by atoms with E-state index in [0.717, 1.165) is 43.4 Å². The van der Waals surface area contributed by atoms with Gasteiger partial charge in [0, 0.05) is 18.0 Å². The first-order chi connectivity index (χ1) is 12.0. The van der Waals surface area contributed by atoms with E-state index in [2.05, 4.69) is 16.0 Å². The Bertz CT molecular complexity index is 498. The summed E-state index contributed by atoms with van der Waals surface area (Å²) in [6.45, 7) is 2.04. The van der Waals surface area contributed by atoms with Gasteiger partial charge in [-0.25, -0.2) is 4.79 Å². The molecule has 3 N–H and O–H groups in total. The van der Waals surface area contributed by atoms with E-state index in [9.17, 15) is 9.59 Å². The van der Waals surface area contributed by atoms with Crippen molar-refractivity contribution in [3.05, 3.63) is 0 Å². The zero-order valence-corrected chi connectivity index (χ0v) is 15.5. The Kier molecular flexibility index (Phi) is 4.67. The highest BCUT2D eigenvalue weighted by Crippen LogP contribution is 2.55. The number of unbranched alkanes of at least 4 members (excludes halogenated alkanes) is 2. The summed E-state index contributed by atoms with van der Waals surface area (Å²) >= 11 is 0. The highest BCUT2D eigenvalue weighted by atomic mass is 16.2. The normalized spacial score (nSPS) is 41.5. The maximum Gasteiger partial charge on any atom is 0.315 e. The molecule has 4 bridgehead atoms.